The number of halogens is 2. The summed E-state index contributed by atoms with van der Waals surface area (Å²) in [5.41, 5.74) is 6.19. The molecule has 1 rings (SSSR count). The Labute approximate surface area is 71.0 Å². The Morgan fingerprint density at radius 3 is 2.55 bits per heavy atom. The average Bonchev–Trinajstić information content (AvgIpc) is 1.88. The molecule has 0 fully saturated rings. The molecule has 11 heavy (non-hydrogen) atoms. The van der Waals surface area contributed by atoms with E-state index in [-0.39, 0.29) is 24.3 Å². The highest BCUT2D eigenvalue weighted by Gasteiger charge is 1.98. The van der Waals surface area contributed by atoms with Gasteiger partial charge in [-0.25, -0.2) is 4.39 Å². The molecule has 0 saturated heterocycles. The van der Waals surface area contributed by atoms with Crippen molar-refractivity contribution in [1.82, 2.24) is 4.98 Å². The maximum absolute atomic E-state index is 12.2. The summed E-state index contributed by atoms with van der Waals surface area (Å²) >= 11 is 0. The lowest BCUT2D eigenvalue weighted by molar-refractivity contribution is 0.616. The Morgan fingerprint density at radius 2 is 2.18 bits per heavy atom. The van der Waals surface area contributed by atoms with Crippen molar-refractivity contribution in [3.8, 4) is 0 Å². The number of nitrogens with zero attached hydrogens (tertiary/aromatic N) is 1. The van der Waals surface area contributed by atoms with Crippen molar-refractivity contribution in [2.24, 2.45) is 5.73 Å². The summed E-state index contributed by atoms with van der Waals surface area (Å²) < 4.78 is 12.2. The number of pyridine rings is 1. The molecule has 62 valence electrons. The first-order valence-corrected chi connectivity index (χ1v) is 3.07. The highest BCUT2D eigenvalue weighted by molar-refractivity contribution is 5.85. The fourth-order valence-corrected chi connectivity index (χ4v) is 0.657. The molecule has 0 radical (unpaired) electrons. The maximum Gasteiger partial charge on any atom is 0.141 e. The normalized spacial score (nSPS) is 11.9. The lowest BCUT2D eigenvalue weighted by Gasteiger charge is -2.01. The first-order valence-electron chi connectivity index (χ1n) is 3.07. The molecular formula is C7H10ClFN2. The molecule has 0 amide bonds. The van der Waals surface area contributed by atoms with Crippen molar-refractivity contribution in [2.45, 2.75) is 13.0 Å². The van der Waals surface area contributed by atoms with Gasteiger partial charge in [-0.05, 0) is 19.1 Å². The SMILES string of the molecule is C[C@@H](N)c1ccc(F)cn1.Cl. The Bertz CT molecular complexity index is 210. The van der Waals surface area contributed by atoms with Crippen molar-refractivity contribution >= 4 is 12.4 Å². The first-order chi connectivity index (χ1) is 4.70. The van der Waals surface area contributed by atoms with Crippen molar-refractivity contribution in [3.05, 3.63) is 29.8 Å². The Balaban J connectivity index is 0.000001000. The molecule has 0 saturated carbocycles. The second-order valence-corrected chi connectivity index (χ2v) is 2.19. The van der Waals surface area contributed by atoms with E-state index in [1.807, 2.05) is 0 Å². The van der Waals surface area contributed by atoms with Crippen molar-refractivity contribution in [2.75, 3.05) is 0 Å². The van der Waals surface area contributed by atoms with Crippen LogP contribution in [0.15, 0.2) is 18.3 Å². The zero-order valence-corrected chi connectivity index (χ0v) is 6.94. The smallest absolute Gasteiger partial charge is 0.141 e. The summed E-state index contributed by atoms with van der Waals surface area (Å²) in [5.74, 6) is -0.329. The first kappa shape index (κ1) is 10.3. The van der Waals surface area contributed by atoms with Crippen molar-refractivity contribution in [3.63, 3.8) is 0 Å². The molecule has 0 unspecified atom stereocenters. The van der Waals surface area contributed by atoms with Gasteiger partial charge < -0.3 is 5.73 Å². The second-order valence-electron chi connectivity index (χ2n) is 2.19. The van der Waals surface area contributed by atoms with Gasteiger partial charge in [0.2, 0.25) is 0 Å². The van der Waals surface area contributed by atoms with Crippen LogP contribution in [0.1, 0.15) is 18.7 Å². The highest BCUT2D eigenvalue weighted by atomic mass is 35.5. The van der Waals surface area contributed by atoms with E-state index in [2.05, 4.69) is 4.98 Å². The second kappa shape index (κ2) is 4.26. The summed E-state index contributed by atoms with van der Waals surface area (Å²) in [6.07, 6.45) is 1.17. The van der Waals surface area contributed by atoms with Gasteiger partial charge in [0.15, 0.2) is 0 Å². The van der Waals surface area contributed by atoms with Crippen LogP contribution in [0.5, 0.6) is 0 Å². The van der Waals surface area contributed by atoms with Crippen LogP contribution in [-0.2, 0) is 0 Å². The minimum absolute atomic E-state index is 0. The quantitative estimate of drug-likeness (QED) is 0.707. The van der Waals surface area contributed by atoms with Gasteiger partial charge in [0.1, 0.15) is 5.82 Å². The largest absolute Gasteiger partial charge is 0.323 e. The minimum atomic E-state index is -0.329. The van der Waals surface area contributed by atoms with E-state index in [0.29, 0.717) is 5.69 Å². The number of aromatic nitrogens is 1. The minimum Gasteiger partial charge on any atom is -0.323 e. The van der Waals surface area contributed by atoms with Crippen LogP contribution in [0.2, 0.25) is 0 Å². The summed E-state index contributed by atoms with van der Waals surface area (Å²) in [6, 6.07) is 2.81. The molecule has 0 aliphatic carbocycles. The summed E-state index contributed by atoms with van der Waals surface area (Å²) in [7, 11) is 0. The van der Waals surface area contributed by atoms with Crippen LogP contribution < -0.4 is 5.73 Å². The molecule has 1 atom stereocenters. The fraction of sp³-hybridized carbons (Fsp3) is 0.286. The third-order valence-corrected chi connectivity index (χ3v) is 1.22. The Hall–Kier alpha value is -0.670. The molecule has 2 nitrogen and oxygen atoms in total. The molecule has 1 heterocycles. The number of nitrogens with two attached hydrogens (primary N) is 1. The zero-order valence-electron chi connectivity index (χ0n) is 6.12. The van der Waals surface area contributed by atoms with Crippen LogP contribution >= 0.6 is 12.4 Å². The third kappa shape index (κ3) is 2.82. The van der Waals surface area contributed by atoms with E-state index in [0.717, 1.165) is 0 Å². The van der Waals surface area contributed by atoms with E-state index in [1.165, 1.54) is 12.3 Å². The molecule has 1 aromatic heterocycles. The van der Waals surface area contributed by atoms with Crippen LogP contribution in [0.3, 0.4) is 0 Å². The standard InChI is InChI=1S/C7H9FN2.ClH/c1-5(9)7-3-2-6(8)4-10-7;/h2-5H,9H2,1H3;1H/t5-;/m1./s1. The number of hydrogen-bond acceptors (Lipinski definition) is 2. The van der Waals surface area contributed by atoms with Gasteiger partial charge in [-0.15, -0.1) is 12.4 Å². The summed E-state index contributed by atoms with van der Waals surface area (Å²) in [6.45, 7) is 1.81. The lowest BCUT2D eigenvalue weighted by Crippen LogP contribution is -2.06. The van der Waals surface area contributed by atoms with Gasteiger partial charge in [-0.2, -0.15) is 0 Å². The fourth-order valence-electron chi connectivity index (χ4n) is 0.657. The monoisotopic (exact) mass is 176 g/mol. The summed E-state index contributed by atoms with van der Waals surface area (Å²) in [5, 5.41) is 0. The molecule has 0 aromatic carbocycles. The molecular weight excluding hydrogens is 167 g/mol. The molecule has 0 aliphatic heterocycles. The van der Waals surface area contributed by atoms with Gasteiger partial charge in [0.25, 0.3) is 0 Å². The van der Waals surface area contributed by atoms with Gasteiger partial charge >= 0.3 is 0 Å². The van der Waals surface area contributed by atoms with E-state index >= 15 is 0 Å². The Morgan fingerprint density at radius 1 is 1.55 bits per heavy atom. The third-order valence-electron chi connectivity index (χ3n) is 1.22. The molecule has 0 spiro atoms. The predicted molar refractivity (Wildman–Crippen MR) is 44.0 cm³/mol. The zero-order chi connectivity index (χ0) is 7.56. The molecule has 1 aromatic rings. The highest BCUT2D eigenvalue weighted by Crippen LogP contribution is 2.04. The van der Waals surface area contributed by atoms with Crippen molar-refractivity contribution in [1.29, 1.82) is 0 Å². The van der Waals surface area contributed by atoms with Crippen LogP contribution in [0, 0.1) is 5.82 Å². The average molecular weight is 177 g/mol. The predicted octanol–water partition coefficient (Wildman–Crippen LogP) is 1.66. The van der Waals surface area contributed by atoms with Crippen molar-refractivity contribution < 1.29 is 4.39 Å². The molecule has 0 aliphatic rings. The molecule has 4 heteroatoms. The maximum atomic E-state index is 12.2. The van der Waals surface area contributed by atoms with Gasteiger partial charge in [0, 0.05) is 6.04 Å². The lowest BCUT2D eigenvalue weighted by atomic mass is 10.2. The van der Waals surface area contributed by atoms with Crippen LogP contribution in [0.4, 0.5) is 4.39 Å². The van der Waals surface area contributed by atoms with Crippen LogP contribution in [-0.4, -0.2) is 4.98 Å². The van der Waals surface area contributed by atoms with E-state index in [9.17, 15) is 4.39 Å². The van der Waals surface area contributed by atoms with Gasteiger partial charge in [0.05, 0.1) is 11.9 Å². The molecule has 0 bridgehead atoms. The van der Waals surface area contributed by atoms with E-state index < -0.39 is 0 Å². The molecule has 2 N–H and O–H groups in total. The topological polar surface area (TPSA) is 38.9 Å². The Kier molecular flexibility index (Phi) is 4.00. The van der Waals surface area contributed by atoms with Gasteiger partial charge in [-0.3, -0.25) is 4.98 Å². The van der Waals surface area contributed by atoms with Crippen LogP contribution in [0.25, 0.3) is 0 Å². The van der Waals surface area contributed by atoms with E-state index in [1.54, 1.807) is 13.0 Å². The van der Waals surface area contributed by atoms with E-state index in [4.69, 9.17) is 5.73 Å². The number of rotatable bonds is 1. The number of hydrogen-bond donors (Lipinski definition) is 1. The summed E-state index contributed by atoms with van der Waals surface area (Å²) in [4.78, 5) is 3.78. The van der Waals surface area contributed by atoms with Gasteiger partial charge in [-0.1, -0.05) is 0 Å².